The maximum absolute atomic E-state index is 11.9. The van der Waals surface area contributed by atoms with E-state index in [1.165, 1.54) is 0 Å². The van der Waals surface area contributed by atoms with Crippen molar-refractivity contribution in [3.05, 3.63) is 47.8 Å². The third-order valence-electron chi connectivity index (χ3n) is 2.50. The van der Waals surface area contributed by atoms with Crippen molar-refractivity contribution in [1.82, 2.24) is 15.5 Å². The highest BCUT2D eigenvalue weighted by Crippen LogP contribution is 2.13. The summed E-state index contributed by atoms with van der Waals surface area (Å²) in [5.74, 6) is 0.652. The van der Waals surface area contributed by atoms with Gasteiger partial charge in [0.25, 0.3) is 5.91 Å². The van der Waals surface area contributed by atoms with Gasteiger partial charge in [-0.05, 0) is 38.1 Å². The Kier molecular flexibility index (Phi) is 4.18. The fourth-order valence-corrected chi connectivity index (χ4v) is 1.62. The van der Waals surface area contributed by atoms with Crippen LogP contribution >= 0.6 is 0 Å². The molecule has 5 heteroatoms. The highest BCUT2D eigenvalue weighted by atomic mass is 16.5. The third-order valence-corrected chi connectivity index (χ3v) is 2.50. The molecule has 5 nitrogen and oxygen atoms in total. The number of hydrogen-bond acceptors (Lipinski definition) is 3. The van der Waals surface area contributed by atoms with Crippen molar-refractivity contribution in [2.75, 3.05) is 0 Å². The second kappa shape index (κ2) is 6.04. The van der Waals surface area contributed by atoms with Gasteiger partial charge in [-0.3, -0.25) is 9.89 Å². The highest BCUT2D eigenvalue weighted by molar-refractivity contribution is 5.94. The Morgan fingerprint density at radius 2 is 2.11 bits per heavy atom. The Hall–Kier alpha value is -2.30. The summed E-state index contributed by atoms with van der Waals surface area (Å²) in [6.07, 6.45) is 3.56. The van der Waals surface area contributed by atoms with Crippen LogP contribution in [0.4, 0.5) is 0 Å². The summed E-state index contributed by atoms with van der Waals surface area (Å²) in [4.78, 5) is 11.9. The van der Waals surface area contributed by atoms with Gasteiger partial charge in [-0.1, -0.05) is 0 Å². The van der Waals surface area contributed by atoms with Crippen LogP contribution in [0, 0.1) is 0 Å². The summed E-state index contributed by atoms with van der Waals surface area (Å²) in [7, 11) is 0. The largest absolute Gasteiger partial charge is 0.491 e. The number of benzene rings is 1. The number of ether oxygens (including phenoxy) is 1. The summed E-state index contributed by atoms with van der Waals surface area (Å²) in [5.41, 5.74) is 1.55. The number of hydrogen-bond donors (Lipinski definition) is 2. The molecule has 1 heterocycles. The van der Waals surface area contributed by atoms with Crippen LogP contribution in [0.15, 0.2) is 36.7 Å². The van der Waals surface area contributed by atoms with Gasteiger partial charge >= 0.3 is 0 Å². The van der Waals surface area contributed by atoms with E-state index in [4.69, 9.17) is 4.74 Å². The van der Waals surface area contributed by atoms with E-state index in [1.807, 2.05) is 13.8 Å². The van der Waals surface area contributed by atoms with E-state index in [1.54, 1.807) is 36.7 Å². The van der Waals surface area contributed by atoms with Gasteiger partial charge in [-0.2, -0.15) is 5.10 Å². The fourth-order valence-electron chi connectivity index (χ4n) is 1.62. The first-order valence-corrected chi connectivity index (χ1v) is 6.17. The molecule has 0 aliphatic heterocycles. The Morgan fingerprint density at radius 1 is 1.37 bits per heavy atom. The average Bonchev–Trinajstić information content (AvgIpc) is 2.89. The monoisotopic (exact) mass is 259 g/mol. The van der Waals surface area contributed by atoms with E-state index in [9.17, 15) is 4.79 Å². The topological polar surface area (TPSA) is 67.0 Å². The molecule has 19 heavy (non-hydrogen) atoms. The van der Waals surface area contributed by atoms with Gasteiger partial charge in [-0.25, -0.2) is 0 Å². The lowest BCUT2D eigenvalue weighted by Crippen LogP contribution is -2.22. The van der Waals surface area contributed by atoms with Crippen LogP contribution < -0.4 is 10.1 Å². The SMILES string of the molecule is CC(C)Oc1ccc(C(=O)NCc2cn[nH]c2)cc1. The van der Waals surface area contributed by atoms with Gasteiger partial charge in [-0.15, -0.1) is 0 Å². The Balaban J connectivity index is 1.92. The maximum Gasteiger partial charge on any atom is 0.251 e. The van der Waals surface area contributed by atoms with E-state index in [0.717, 1.165) is 11.3 Å². The summed E-state index contributed by atoms with van der Waals surface area (Å²) < 4.78 is 5.52. The number of aromatic amines is 1. The first-order valence-electron chi connectivity index (χ1n) is 6.17. The summed E-state index contributed by atoms with van der Waals surface area (Å²) in [6, 6.07) is 7.10. The lowest BCUT2D eigenvalue weighted by Gasteiger charge is -2.10. The molecular weight excluding hydrogens is 242 g/mol. The van der Waals surface area contributed by atoms with E-state index < -0.39 is 0 Å². The van der Waals surface area contributed by atoms with Gasteiger partial charge in [0, 0.05) is 23.9 Å². The molecular formula is C14H17N3O2. The van der Waals surface area contributed by atoms with Crippen molar-refractivity contribution in [1.29, 1.82) is 0 Å². The van der Waals surface area contributed by atoms with Crippen LogP contribution in [-0.2, 0) is 6.54 Å². The van der Waals surface area contributed by atoms with Crippen molar-refractivity contribution in [2.45, 2.75) is 26.5 Å². The van der Waals surface area contributed by atoms with Gasteiger partial charge in [0.1, 0.15) is 5.75 Å². The predicted molar refractivity (Wildman–Crippen MR) is 72.0 cm³/mol. The number of H-pyrrole nitrogens is 1. The summed E-state index contributed by atoms with van der Waals surface area (Å²) >= 11 is 0. The zero-order valence-corrected chi connectivity index (χ0v) is 11.0. The molecule has 1 aromatic carbocycles. The van der Waals surface area contributed by atoms with Gasteiger partial charge in [0.2, 0.25) is 0 Å². The quantitative estimate of drug-likeness (QED) is 0.864. The highest BCUT2D eigenvalue weighted by Gasteiger charge is 2.06. The molecule has 0 unspecified atom stereocenters. The second-order valence-corrected chi connectivity index (χ2v) is 4.48. The van der Waals surface area contributed by atoms with Crippen LogP contribution in [0.5, 0.6) is 5.75 Å². The minimum atomic E-state index is -0.114. The van der Waals surface area contributed by atoms with Crippen molar-refractivity contribution in [3.8, 4) is 5.75 Å². The number of nitrogens with one attached hydrogen (secondary N) is 2. The normalized spacial score (nSPS) is 10.5. The number of aromatic nitrogens is 2. The molecule has 0 saturated heterocycles. The van der Waals surface area contributed by atoms with E-state index in [-0.39, 0.29) is 12.0 Å². The van der Waals surface area contributed by atoms with Crippen LogP contribution in [0.3, 0.4) is 0 Å². The molecule has 2 N–H and O–H groups in total. The van der Waals surface area contributed by atoms with Gasteiger partial charge < -0.3 is 10.1 Å². The second-order valence-electron chi connectivity index (χ2n) is 4.48. The number of nitrogens with zero attached hydrogens (tertiary/aromatic N) is 1. The smallest absolute Gasteiger partial charge is 0.251 e. The van der Waals surface area contributed by atoms with E-state index in [0.29, 0.717) is 12.1 Å². The minimum absolute atomic E-state index is 0.114. The van der Waals surface area contributed by atoms with Crippen LogP contribution in [0.2, 0.25) is 0 Å². The minimum Gasteiger partial charge on any atom is -0.491 e. The first kappa shape index (κ1) is 13.1. The Morgan fingerprint density at radius 3 is 2.68 bits per heavy atom. The van der Waals surface area contributed by atoms with Gasteiger partial charge in [0.15, 0.2) is 0 Å². The molecule has 1 aromatic heterocycles. The zero-order valence-electron chi connectivity index (χ0n) is 11.0. The molecule has 0 bridgehead atoms. The Bertz CT molecular complexity index is 518. The number of carbonyl (C=O) groups excluding carboxylic acids is 1. The molecule has 0 fully saturated rings. The molecule has 2 rings (SSSR count). The predicted octanol–water partition coefficient (Wildman–Crippen LogP) is 2.13. The van der Waals surface area contributed by atoms with Crippen LogP contribution in [0.1, 0.15) is 29.8 Å². The maximum atomic E-state index is 11.9. The molecule has 100 valence electrons. The number of amides is 1. The van der Waals surface area contributed by atoms with E-state index >= 15 is 0 Å². The molecule has 0 saturated carbocycles. The number of carbonyl (C=O) groups is 1. The zero-order chi connectivity index (χ0) is 13.7. The van der Waals surface area contributed by atoms with Crippen LogP contribution in [-0.4, -0.2) is 22.2 Å². The molecule has 0 radical (unpaired) electrons. The Labute approximate surface area is 112 Å². The van der Waals surface area contributed by atoms with Crippen molar-refractivity contribution < 1.29 is 9.53 Å². The van der Waals surface area contributed by atoms with Gasteiger partial charge in [0.05, 0.1) is 12.3 Å². The molecule has 1 amide bonds. The third kappa shape index (κ3) is 3.84. The fraction of sp³-hybridized carbons (Fsp3) is 0.286. The molecule has 0 aliphatic rings. The van der Waals surface area contributed by atoms with Crippen molar-refractivity contribution >= 4 is 5.91 Å². The first-order chi connectivity index (χ1) is 9.15. The molecule has 0 aliphatic carbocycles. The molecule has 2 aromatic rings. The summed E-state index contributed by atoms with van der Waals surface area (Å²) in [5, 5.41) is 9.34. The van der Waals surface area contributed by atoms with Crippen molar-refractivity contribution in [3.63, 3.8) is 0 Å². The molecule has 0 spiro atoms. The lowest BCUT2D eigenvalue weighted by molar-refractivity contribution is 0.0951. The lowest BCUT2D eigenvalue weighted by atomic mass is 10.2. The molecule has 0 atom stereocenters. The summed E-state index contributed by atoms with van der Waals surface area (Å²) in [6.45, 7) is 4.39. The average molecular weight is 259 g/mol. The van der Waals surface area contributed by atoms with Crippen LogP contribution in [0.25, 0.3) is 0 Å². The standard InChI is InChI=1S/C14H17N3O2/c1-10(2)19-13-5-3-12(4-6-13)14(18)15-7-11-8-16-17-9-11/h3-6,8-10H,7H2,1-2H3,(H,15,18)(H,16,17). The number of rotatable bonds is 5. The van der Waals surface area contributed by atoms with E-state index in [2.05, 4.69) is 15.5 Å². The van der Waals surface area contributed by atoms with Crippen molar-refractivity contribution in [2.24, 2.45) is 0 Å².